The molecule has 2 aromatic rings. The van der Waals surface area contributed by atoms with Gasteiger partial charge in [0, 0.05) is 6.20 Å². The molecule has 106 valence electrons. The number of carbonyl (C=O) groups is 1. The van der Waals surface area contributed by atoms with Crippen molar-refractivity contribution in [2.45, 2.75) is 12.7 Å². The third kappa shape index (κ3) is 2.95. The standard InChI is InChI=1S/C12H8F4N2O2/c13-10-3-7(1-2-9(10)12(14,15)16)5-18-6-8(4-17-18)11(19)20/h1-4,6H,5H2,(H,19,20). The van der Waals surface area contributed by atoms with Gasteiger partial charge in [-0.3, -0.25) is 4.68 Å². The third-order valence-electron chi connectivity index (χ3n) is 2.56. The van der Waals surface area contributed by atoms with Crippen LogP contribution >= 0.6 is 0 Å². The van der Waals surface area contributed by atoms with Crippen LogP contribution in [-0.2, 0) is 12.7 Å². The van der Waals surface area contributed by atoms with Crippen molar-refractivity contribution in [3.8, 4) is 0 Å². The third-order valence-corrected chi connectivity index (χ3v) is 2.56. The Balaban J connectivity index is 2.22. The largest absolute Gasteiger partial charge is 0.478 e. The molecule has 1 aromatic heterocycles. The lowest BCUT2D eigenvalue weighted by molar-refractivity contribution is -0.140. The number of hydrogen-bond acceptors (Lipinski definition) is 2. The van der Waals surface area contributed by atoms with Crippen molar-refractivity contribution in [3.05, 3.63) is 53.1 Å². The molecule has 1 N–H and O–H groups in total. The van der Waals surface area contributed by atoms with Crippen LogP contribution in [0, 0.1) is 5.82 Å². The first kappa shape index (κ1) is 14.0. The smallest absolute Gasteiger partial charge is 0.419 e. The minimum Gasteiger partial charge on any atom is -0.478 e. The molecule has 0 saturated heterocycles. The van der Waals surface area contributed by atoms with Crippen LogP contribution in [0.15, 0.2) is 30.6 Å². The molecule has 0 unspecified atom stereocenters. The van der Waals surface area contributed by atoms with Gasteiger partial charge in [-0.15, -0.1) is 0 Å². The molecule has 0 amide bonds. The highest BCUT2D eigenvalue weighted by atomic mass is 19.4. The average molecular weight is 288 g/mol. The highest BCUT2D eigenvalue weighted by Crippen LogP contribution is 2.31. The van der Waals surface area contributed by atoms with Crippen molar-refractivity contribution in [3.63, 3.8) is 0 Å². The molecule has 0 atom stereocenters. The van der Waals surface area contributed by atoms with Gasteiger partial charge in [-0.1, -0.05) is 6.07 Å². The van der Waals surface area contributed by atoms with Crippen molar-refractivity contribution in [1.82, 2.24) is 9.78 Å². The van der Waals surface area contributed by atoms with E-state index >= 15 is 0 Å². The Morgan fingerprint density at radius 3 is 2.55 bits per heavy atom. The zero-order valence-corrected chi connectivity index (χ0v) is 9.86. The van der Waals surface area contributed by atoms with Gasteiger partial charge in [0.2, 0.25) is 0 Å². The number of rotatable bonds is 3. The molecule has 1 heterocycles. The van der Waals surface area contributed by atoms with E-state index in [0.717, 1.165) is 18.3 Å². The fraction of sp³-hybridized carbons (Fsp3) is 0.167. The van der Waals surface area contributed by atoms with E-state index in [4.69, 9.17) is 5.11 Å². The second kappa shape index (κ2) is 4.95. The van der Waals surface area contributed by atoms with Gasteiger partial charge in [-0.25, -0.2) is 9.18 Å². The van der Waals surface area contributed by atoms with Crippen LogP contribution < -0.4 is 0 Å². The van der Waals surface area contributed by atoms with Gasteiger partial charge in [-0.05, 0) is 17.7 Å². The van der Waals surface area contributed by atoms with Crippen molar-refractivity contribution >= 4 is 5.97 Å². The summed E-state index contributed by atoms with van der Waals surface area (Å²) in [6.07, 6.45) is -2.44. The minimum absolute atomic E-state index is 0.0255. The Hall–Kier alpha value is -2.38. The molecule has 0 radical (unpaired) electrons. The van der Waals surface area contributed by atoms with Crippen molar-refractivity contribution in [2.24, 2.45) is 0 Å². The summed E-state index contributed by atoms with van der Waals surface area (Å²) in [7, 11) is 0. The number of aromatic carboxylic acids is 1. The Kier molecular flexibility index (Phi) is 3.47. The maximum atomic E-state index is 13.3. The second-order valence-corrected chi connectivity index (χ2v) is 4.04. The topological polar surface area (TPSA) is 55.1 Å². The summed E-state index contributed by atoms with van der Waals surface area (Å²) >= 11 is 0. The maximum Gasteiger partial charge on any atom is 0.419 e. The second-order valence-electron chi connectivity index (χ2n) is 4.04. The van der Waals surface area contributed by atoms with Gasteiger partial charge in [0.15, 0.2) is 0 Å². The molecule has 0 aliphatic carbocycles. The van der Waals surface area contributed by atoms with Gasteiger partial charge in [0.05, 0.1) is 23.9 Å². The first-order valence-electron chi connectivity index (χ1n) is 5.39. The number of aromatic nitrogens is 2. The predicted octanol–water partition coefficient (Wildman–Crippen LogP) is 2.79. The molecule has 20 heavy (non-hydrogen) atoms. The van der Waals surface area contributed by atoms with E-state index in [1.807, 2.05) is 0 Å². The normalized spacial score (nSPS) is 11.6. The fourth-order valence-corrected chi connectivity index (χ4v) is 1.63. The summed E-state index contributed by atoms with van der Waals surface area (Å²) in [5, 5.41) is 12.4. The Bertz CT molecular complexity index is 649. The van der Waals surface area contributed by atoms with E-state index in [9.17, 15) is 22.4 Å². The van der Waals surface area contributed by atoms with Crippen LogP contribution in [0.3, 0.4) is 0 Å². The number of carboxylic acid groups (broad SMARTS) is 1. The van der Waals surface area contributed by atoms with E-state index in [0.29, 0.717) is 6.07 Å². The molecule has 0 saturated carbocycles. The molecule has 1 aromatic carbocycles. The van der Waals surface area contributed by atoms with Crippen LogP contribution in [-0.4, -0.2) is 20.9 Å². The maximum absolute atomic E-state index is 13.3. The summed E-state index contributed by atoms with van der Waals surface area (Å²) in [5.41, 5.74) is -1.15. The van der Waals surface area contributed by atoms with Crippen LogP contribution in [0.1, 0.15) is 21.5 Å². The molecule has 0 bridgehead atoms. The van der Waals surface area contributed by atoms with Crippen molar-refractivity contribution in [1.29, 1.82) is 0 Å². The first-order valence-corrected chi connectivity index (χ1v) is 5.39. The molecule has 2 rings (SSSR count). The van der Waals surface area contributed by atoms with E-state index in [-0.39, 0.29) is 17.7 Å². The molecule has 0 spiro atoms. The van der Waals surface area contributed by atoms with Crippen molar-refractivity contribution < 1.29 is 27.5 Å². The molecule has 0 aliphatic rings. The van der Waals surface area contributed by atoms with Crippen LogP contribution in [0.2, 0.25) is 0 Å². The predicted molar refractivity (Wildman–Crippen MR) is 59.7 cm³/mol. The summed E-state index contributed by atoms with van der Waals surface area (Å²) in [5.74, 6) is -2.55. The molecular weight excluding hydrogens is 280 g/mol. The Morgan fingerprint density at radius 2 is 2.05 bits per heavy atom. The Labute approximate surface area is 110 Å². The van der Waals surface area contributed by atoms with Gasteiger partial charge in [0.1, 0.15) is 5.82 Å². The molecular formula is C12H8F4N2O2. The summed E-state index contributed by atoms with van der Waals surface area (Å²) < 4.78 is 51.7. The van der Waals surface area contributed by atoms with Crippen LogP contribution in [0.4, 0.5) is 17.6 Å². The number of alkyl halides is 3. The number of benzene rings is 1. The number of nitrogens with zero attached hydrogens (tertiary/aromatic N) is 2. The number of carboxylic acids is 1. The van der Waals surface area contributed by atoms with Gasteiger partial charge < -0.3 is 5.11 Å². The molecule has 0 aliphatic heterocycles. The lowest BCUT2D eigenvalue weighted by Crippen LogP contribution is -2.09. The van der Waals surface area contributed by atoms with Gasteiger partial charge in [0.25, 0.3) is 0 Å². The summed E-state index contributed by atoms with van der Waals surface area (Å²) in [6, 6.07) is 2.52. The molecule has 4 nitrogen and oxygen atoms in total. The van der Waals surface area contributed by atoms with E-state index in [1.54, 1.807) is 0 Å². The molecule has 0 fully saturated rings. The zero-order valence-electron chi connectivity index (χ0n) is 9.86. The molecule has 8 heteroatoms. The quantitative estimate of drug-likeness (QED) is 0.884. The van der Waals surface area contributed by atoms with Gasteiger partial charge in [-0.2, -0.15) is 18.3 Å². The highest BCUT2D eigenvalue weighted by molar-refractivity contribution is 5.86. The number of halogens is 4. The van der Waals surface area contributed by atoms with E-state index in [1.165, 1.54) is 10.9 Å². The minimum atomic E-state index is -4.75. The lowest BCUT2D eigenvalue weighted by Gasteiger charge is -2.09. The van der Waals surface area contributed by atoms with Crippen molar-refractivity contribution in [2.75, 3.05) is 0 Å². The summed E-state index contributed by atoms with van der Waals surface area (Å²) in [6.45, 7) is -0.0255. The Morgan fingerprint density at radius 1 is 1.35 bits per heavy atom. The summed E-state index contributed by atoms with van der Waals surface area (Å²) in [4.78, 5) is 10.6. The SMILES string of the molecule is O=C(O)c1cnn(Cc2ccc(C(F)(F)F)c(F)c2)c1. The first-order chi connectivity index (χ1) is 9.27. The fourth-order valence-electron chi connectivity index (χ4n) is 1.63. The zero-order chi connectivity index (χ0) is 14.9. The van der Waals surface area contributed by atoms with Crippen LogP contribution in [0.25, 0.3) is 0 Å². The van der Waals surface area contributed by atoms with E-state index < -0.39 is 23.5 Å². The number of hydrogen-bond donors (Lipinski definition) is 1. The van der Waals surface area contributed by atoms with Crippen LogP contribution in [0.5, 0.6) is 0 Å². The highest BCUT2D eigenvalue weighted by Gasteiger charge is 2.33. The van der Waals surface area contributed by atoms with Gasteiger partial charge >= 0.3 is 12.1 Å². The lowest BCUT2D eigenvalue weighted by atomic mass is 10.1. The van der Waals surface area contributed by atoms with E-state index in [2.05, 4.69) is 5.10 Å². The average Bonchev–Trinajstić information content (AvgIpc) is 2.76. The monoisotopic (exact) mass is 288 g/mol.